The van der Waals surface area contributed by atoms with Crippen LogP contribution < -0.4 is 4.74 Å². The van der Waals surface area contributed by atoms with Crippen molar-refractivity contribution in [3.8, 4) is 5.75 Å². The Morgan fingerprint density at radius 1 is 1.27 bits per heavy atom. The molecule has 0 bridgehead atoms. The van der Waals surface area contributed by atoms with E-state index in [1.807, 2.05) is 0 Å². The first kappa shape index (κ1) is 15.1. The fourth-order valence-corrected chi connectivity index (χ4v) is 2.89. The van der Waals surface area contributed by atoms with Crippen LogP contribution in [0.4, 0.5) is 13.2 Å². The quantitative estimate of drug-likeness (QED) is 0.858. The zero-order valence-corrected chi connectivity index (χ0v) is 11.8. The van der Waals surface area contributed by atoms with E-state index in [0.717, 1.165) is 12.1 Å². The second kappa shape index (κ2) is 5.79. The van der Waals surface area contributed by atoms with Gasteiger partial charge in [-0.1, -0.05) is 6.07 Å². The van der Waals surface area contributed by atoms with Crippen molar-refractivity contribution in [3.05, 3.63) is 29.8 Å². The van der Waals surface area contributed by atoms with Crippen LogP contribution in [-0.2, 0) is 15.7 Å². The molecule has 1 aromatic carbocycles. The van der Waals surface area contributed by atoms with E-state index in [-0.39, 0.29) is 18.3 Å². The number of carbonyl (C=O) groups excluding carboxylic acids is 1. The highest BCUT2D eigenvalue weighted by Gasteiger charge is 2.39. The highest BCUT2D eigenvalue weighted by Crippen LogP contribution is 2.32. The van der Waals surface area contributed by atoms with Gasteiger partial charge in [-0.25, -0.2) is 0 Å². The van der Waals surface area contributed by atoms with E-state index in [0.29, 0.717) is 38.1 Å². The van der Waals surface area contributed by atoms with E-state index in [2.05, 4.69) is 0 Å². The summed E-state index contributed by atoms with van der Waals surface area (Å²) in [5, 5.41) is 0. The lowest BCUT2D eigenvalue weighted by Crippen LogP contribution is -2.34. The van der Waals surface area contributed by atoms with E-state index in [1.165, 1.54) is 12.1 Å². The third kappa shape index (κ3) is 3.19. The molecule has 120 valence electrons. The zero-order chi connectivity index (χ0) is 15.7. The summed E-state index contributed by atoms with van der Waals surface area (Å²) >= 11 is 0. The smallest absolute Gasteiger partial charge is 0.416 e. The van der Waals surface area contributed by atoms with Crippen molar-refractivity contribution >= 4 is 5.91 Å². The molecule has 0 radical (unpaired) electrons. The Hall–Kier alpha value is -1.76. The van der Waals surface area contributed by atoms with Gasteiger partial charge in [-0.3, -0.25) is 4.79 Å². The molecule has 2 saturated heterocycles. The number of hydrogen-bond acceptors (Lipinski definition) is 3. The average molecular weight is 315 g/mol. The molecule has 2 aliphatic heterocycles. The molecule has 2 fully saturated rings. The number of benzene rings is 1. The van der Waals surface area contributed by atoms with Crippen LogP contribution in [0.25, 0.3) is 0 Å². The molecular weight excluding hydrogens is 299 g/mol. The van der Waals surface area contributed by atoms with Gasteiger partial charge < -0.3 is 14.4 Å². The summed E-state index contributed by atoms with van der Waals surface area (Å²) in [6.07, 6.45) is -4.42. The summed E-state index contributed by atoms with van der Waals surface area (Å²) in [6.45, 7) is 2.36. The van der Waals surface area contributed by atoms with Crippen LogP contribution in [0, 0.1) is 11.8 Å². The fraction of sp³-hybridized carbons (Fsp3) is 0.533. The molecule has 0 aromatic heterocycles. The Kier molecular flexibility index (Phi) is 3.99. The molecule has 1 amide bonds. The van der Waals surface area contributed by atoms with Gasteiger partial charge in [0, 0.05) is 24.9 Å². The lowest BCUT2D eigenvalue weighted by Gasteiger charge is -2.18. The minimum Gasteiger partial charge on any atom is -0.484 e. The second-order valence-electron chi connectivity index (χ2n) is 5.67. The lowest BCUT2D eigenvalue weighted by atomic mass is 10.0. The molecule has 0 unspecified atom stereocenters. The van der Waals surface area contributed by atoms with Gasteiger partial charge in [-0.05, 0) is 18.2 Å². The number of amides is 1. The van der Waals surface area contributed by atoms with Crippen LogP contribution in [0.3, 0.4) is 0 Å². The third-order valence-electron chi connectivity index (χ3n) is 4.12. The Morgan fingerprint density at radius 2 is 1.95 bits per heavy atom. The molecule has 0 N–H and O–H groups in total. The summed E-state index contributed by atoms with van der Waals surface area (Å²) in [5.41, 5.74) is -0.787. The number of carbonyl (C=O) groups is 1. The van der Waals surface area contributed by atoms with E-state index in [4.69, 9.17) is 9.47 Å². The maximum atomic E-state index is 12.6. The van der Waals surface area contributed by atoms with Crippen molar-refractivity contribution in [1.29, 1.82) is 0 Å². The number of hydrogen-bond donors (Lipinski definition) is 0. The maximum absolute atomic E-state index is 12.6. The van der Waals surface area contributed by atoms with Crippen LogP contribution in [0.15, 0.2) is 24.3 Å². The lowest BCUT2D eigenvalue weighted by molar-refractivity contribution is -0.137. The van der Waals surface area contributed by atoms with Crippen molar-refractivity contribution in [3.63, 3.8) is 0 Å². The normalized spacial score (nSPS) is 24.4. The summed E-state index contributed by atoms with van der Waals surface area (Å²) in [5.74, 6) is 0.590. The number of nitrogens with zero attached hydrogens (tertiary/aromatic N) is 1. The van der Waals surface area contributed by atoms with Gasteiger partial charge in [-0.15, -0.1) is 0 Å². The zero-order valence-electron chi connectivity index (χ0n) is 11.8. The molecule has 0 spiro atoms. The van der Waals surface area contributed by atoms with Crippen molar-refractivity contribution in [1.82, 2.24) is 4.90 Å². The van der Waals surface area contributed by atoms with E-state index in [9.17, 15) is 18.0 Å². The monoisotopic (exact) mass is 315 g/mol. The van der Waals surface area contributed by atoms with E-state index < -0.39 is 11.7 Å². The molecule has 22 heavy (non-hydrogen) atoms. The highest BCUT2D eigenvalue weighted by atomic mass is 19.4. The van der Waals surface area contributed by atoms with Crippen LogP contribution in [0.2, 0.25) is 0 Å². The van der Waals surface area contributed by atoms with Crippen molar-refractivity contribution in [2.75, 3.05) is 32.9 Å². The number of alkyl halides is 3. The first-order chi connectivity index (χ1) is 10.4. The van der Waals surface area contributed by atoms with Gasteiger partial charge in [0.15, 0.2) is 6.61 Å². The third-order valence-corrected chi connectivity index (χ3v) is 4.12. The van der Waals surface area contributed by atoms with Crippen LogP contribution in [0.5, 0.6) is 5.75 Å². The molecule has 2 atom stereocenters. The molecule has 2 aliphatic rings. The van der Waals surface area contributed by atoms with Gasteiger partial charge in [0.05, 0.1) is 18.8 Å². The van der Waals surface area contributed by atoms with Gasteiger partial charge in [0.2, 0.25) is 0 Å². The summed E-state index contributed by atoms with van der Waals surface area (Å²) in [4.78, 5) is 13.8. The molecular formula is C15H16F3NO3. The number of fused-ring (bicyclic) bond motifs is 1. The first-order valence-electron chi connectivity index (χ1n) is 7.09. The molecule has 0 saturated carbocycles. The molecule has 7 heteroatoms. The molecule has 3 rings (SSSR count). The van der Waals surface area contributed by atoms with Gasteiger partial charge in [0.1, 0.15) is 5.75 Å². The minimum atomic E-state index is -4.42. The SMILES string of the molecule is O=C(COc1cccc(C(F)(F)F)c1)N1C[C@H]2COC[C@H]2C1. The van der Waals surface area contributed by atoms with E-state index >= 15 is 0 Å². The number of halogens is 3. The van der Waals surface area contributed by atoms with Crippen LogP contribution in [0.1, 0.15) is 5.56 Å². The molecule has 2 heterocycles. The van der Waals surface area contributed by atoms with Crippen molar-refractivity contribution in [2.45, 2.75) is 6.18 Å². The van der Waals surface area contributed by atoms with E-state index in [1.54, 1.807) is 4.90 Å². The first-order valence-corrected chi connectivity index (χ1v) is 7.09. The number of likely N-dealkylation sites (tertiary alicyclic amines) is 1. The molecule has 0 aliphatic carbocycles. The van der Waals surface area contributed by atoms with Crippen molar-refractivity contribution < 1.29 is 27.4 Å². The second-order valence-corrected chi connectivity index (χ2v) is 5.67. The molecule has 1 aromatic rings. The molecule has 4 nitrogen and oxygen atoms in total. The Balaban J connectivity index is 1.55. The summed E-state index contributed by atoms with van der Waals surface area (Å²) in [6, 6.07) is 4.55. The Morgan fingerprint density at radius 3 is 2.59 bits per heavy atom. The largest absolute Gasteiger partial charge is 0.484 e. The Labute approximate surface area is 125 Å². The number of rotatable bonds is 3. The average Bonchev–Trinajstić information content (AvgIpc) is 3.05. The highest BCUT2D eigenvalue weighted by molar-refractivity contribution is 5.78. The van der Waals surface area contributed by atoms with Crippen LogP contribution in [-0.4, -0.2) is 43.7 Å². The fourth-order valence-electron chi connectivity index (χ4n) is 2.89. The summed E-state index contributed by atoms with van der Waals surface area (Å²) in [7, 11) is 0. The Bertz CT molecular complexity index is 549. The summed E-state index contributed by atoms with van der Waals surface area (Å²) < 4.78 is 48.4. The van der Waals surface area contributed by atoms with Crippen molar-refractivity contribution in [2.24, 2.45) is 11.8 Å². The van der Waals surface area contributed by atoms with Gasteiger partial charge >= 0.3 is 6.18 Å². The van der Waals surface area contributed by atoms with Crippen LogP contribution >= 0.6 is 0 Å². The predicted octanol–water partition coefficient (Wildman–Crippen LogP) is 2.19. The topological polar surface area (TPSA) is 38.8 Å². The van der Waals surface area contributed by atoms with Gasteiger partial charge in [0.25, 0.3) is 5.91 Å². The maximum Gasteiger partial charge on any atom is 0.416 e. The standard InChI is InChI=1S/C15H16F3NO3/c16-15(17,18)12-2-1-3-13(4-12)22-9-14(20)19-5-10-7-21-8-11(10)6-19/h1-4,10-11H,5-9H2/t10-,11+. The van der Waals surface area contributed by atoms with Gasteiger partial charge in [-0.2, -0.15) is 13.2 Å². The predicted molar refractivity (Wildman–Crippen MR) is 71.3 cm³/mol. The number of ether oxygens (including phenoxy) is 2. The minimum absolute atomic E-state index is 0.0471.